The molecule has 0 aliphatic rings. The van der Waals surface area contributed by atoms with Gasteiger partial charge in [0.15, 0.2) is 5.76 Å². The van der Waals surface area contributed by atoms with Crippen LogP contribution in [0.3, 0.4) is 0 Å². The Kier molecular flexibility index (Phi) is 4.83. The number of hydrogen-bond donors (Lipinski definition) is 2. The van der Waals surface area contributed by atoms with Crippen LogP contribution in [0.4, 0.5) is 0 Å². The first kappa shape index (κ1) is 15.6. The van der Waals surface area contributed by atoms with Crippen LogP contribution in [0, 0.1) is 6.92 Å². The Morgan fingerprint density at radius 1 is 1.32 bits per heavy atom. The summed E-state index contributed by atoms with van der Waals surface area (Å²) in [6.07, 6.45) is 1.68. The smallest absolute Gasteiger partial charge is 0.338 e. The maximum atomic E-state index is 11.8. The number of furan rings is 1. The average molecular weight is 303 g/mol. The summed E-state index contributed by atoms with van der Waals surface area (Å²) in [6.45, 7) is 2.37. The van der Waals surface area contributed by atoms with Crippen molar-refractivity contribution < 1.29 is 23.8 Å². The summed E-state index contributed by atoms with van der Waals surface area (Å²) in [4.78, 5) is 22.5. The highest BCUT2D eigenvalue weighted by molar-refractivity contribution is 5.95. The van der Waals surface area contributed by atoms with Crippen LogP contribution in [0.1, 0.15) is 32.0 Å². The van der Waals surface area contributed by atoms with E-state index in [4.69, 9.17) is 14.3 Å². The summed E-state index contributed by atoms with van der Waals surface area (Å²) in [5.41, 5.74) is 2.04. The Morgan fingerprint density at radius 2 is 2.09 bits per heavy atom. The summed E-state index contributed by atoms with van der Waals surface area (Å²) in [5.74, 6) is -0.777. The summed E-state index contributed by atoms with van der Waals surface area (Å²) in [6, 6.07) is 7.06. The lowest BCUT2D eigenvalue weighted by Gasteiger charge is -2.08. The zero-order chi connectivity index (χ0) is 16.1. The third-order valence-corrected chi connectivity index (χ3v) is 3.24. The van der Waals surface area contributed by atoms with E-state index in [-0.39, 0.29) is 11.3 Å². The van der Waals surface area contributed by atoms with Crippen LogP contribution < -0.4 is 10.1 Å². The molecule has 0 atom stereocenters. The fourth-order valence-corrected chi connectivity index (χ4v) is 1.99. The minimum absolute atomic E-state index is 0.0149. The number of carbonyl (C=O) groups is 2. The molecule has 6 nitrogen and oxygen atoms in total. The molecule has 2 aromatic rings. The Bertz CT molecular complexity index is 690. The number of amides is 1. The molecule has 1 amide bonds. The van der Waals surface area contributed by atoms with Crippen LogP contribution in [0.25, 0.3) is 0 Å². The van der Waals surface area contributed by atoms with Crippen molar-refractivity contribution in [1.82, 2.24) is 5.32 Å². The molecular weight excluding hydrogens is 286 g/mol. The number of ether oxygens (including phenoxy) is 1. The van der Waals surface area contributed by atoms with Gasteiger partial charge in [0.1, 0.15) is 12.0 Å². The number of hydrogen-bond acceptors (Lipinski definition) is 4. The van der Waals surface area contributed by atoms with Gasteiger partial charge in [-0.3, -0.25) is 4.79 Å². The van der Waals surface area contributed by atoms with Gasteiger partial charge in [-0.25, -0.2) is 4.79 Å². The zero-order valence-corrected chi connectivity index (χ0v) is 12.4. The van der Waals surface area contributed by atoms with E-state index in [0.29, 0.717) is 13.0 Å². The maximum Gasteiger partial charge on any atom is 0.338 e. The summed E-state index contributed by atoms with van der Waals surface area (Å²) < 4.78 is 10.2. The number of nitrogens with one attached hydrogen (secondary N) is 1. The molecule has 0 radical (unpaired) electrons. The topological polar surface area (TPSA) is 88.8 Å². The first-order chi connectivity index (χ1) is 10.5. The van der Waals surface area contributed by atoms with Crippen LogP contribution in [0.15, 0.2) is 34.9 Å². The summed E-state index contributed by atoms with van der Waals surface area (Å²) in [5, 5.41) is 11.5. The summed E-state index contributed by atoms with van der Waals surface area (Å²) >= 11 is 0. The molecule has 0 unspecified atom stereocenters. The molecule has 2 N–H and O–H groups in total. The third kappa shape index (κ3) is 3.66. The van der Waals surface area contributed by atoms with E-state index in [1.54, 1.807) is 7.11 Å². The number of aryl methyl sites for hydroxylation is 1. The van der Waals surface area contributed by atoms with Crippen molar-refractivity contribution in [2.45, 2.75) is 13.3 Å². The van der Waals surface area contributed by atoms with E-state index in [9.17, 15) is 9.59 Å². The highest BCUT2D eigenvalue weighted by atomic mass is 16.5. The molecule has 22 heavy (non-hydrogen) atoms. The molecule has 1 aromatic heterocycles. The van der Waals surface area contributed by atoms with E-state index in [0.717, 1.165) is 23.1 Å². The fraction of sp³-hybridized carbons (Fsp3) is 0.250. The van der Waals surface area contributed by atoms with Gasteiger partial charge in [0.2, 0.25) is 0 Å². The zero-order valence-electron chi connectivity index (χ0n) is 12.4. The van der Waals surface area contributed by atoms with Gasteiger partial charge in [0.25, 0.3) is 5.91 Å². The Balaban J connectivity index is 1.90. The van der Waals surface area contributed by atoms with E-state index >= 15 is 0 Å². The minimum Gasteiger partial charge on any atom is -0.496 e. The van der Waals surface area contributed by atoms with Crippen molar-refractivity contribution in [3.8, 4) is 5.75 Å². The number of carboxylic acid groups (broad SMARTS) is 1. The Labute approximate surface area is 127 Å². The van der Waals surface area contributed by atoms with Crippen LogP contribution in [-0.4, -0.2) is 30.6 Å². The van der Waals surface area contributed by atoms with Crippen molar-refractivity contribution in [2.75, 3.05) is 13.7 Å². The number of carboxylic acids is 1. The number of methoxy groups -OCH3 is 1. The number of benzene rings is 1. The molecule has 6 heteroatoms. The highest BCUT2D eigenvalue weighted by Crippen LogP contribution is 2.19. The van der Waals surface area contributed by atoms with Crippen LogP contribution >= 0.6 is 0 Å². The number of rotatable bonds is 6. The quantitative estimate of drug-likeness (QED) is 0.854. The van der Waals surface area contributed by atoms with E-state index in [1.807, 2.05) is 25.1 Å². The number of carbonyl (C=O) groups excluding carboxylic acids is 1. The number of aromatic carboxylic acids is 1. The second kappa shape index (κ2) is 6.80. The molecule has 0 spiro atoms. The molecule has 1 aromatic carbocycles. The highest BCUT2D eigenvalue weighted by Gasteiger charge is 2.14. The predicted octanol–water partition coefficient (Wildman–Crippen LogP) is 2.27. The molecule has 1 heterocycles. The van der Waals surface area contributed by atoms with Gasteiger partial charge in [-0.1, -0.05) is 12.1 Å². The van der Waals surface area contributed by atoms with E-state index in [1.165, 1.54) is 6.07 Å². The van der Waals surface area contributed by atoms with Gasteiger partial charge in [-0.15, -0.1) is 0 Å². The van der Waals surface area contributed by atoms with Gasteiger partial charge in [-0.2, -0.15) is 0 Å². The molecule has 2 rings (SSSR count). The second-order valence-electron chi connectivity index (χ2n) is 4.81. The molecule has 116 valence electrons. The molecule has 0 saturated carbocycles. The largest absolute Gasteiger partial charge is 0.496 e. The van der Waals surface area contributed by atoms with Crippen molar-refractivity contribution in [3.05, 3.63) is 53.0 Å². The first-order valence-corrected chi connectivity index (χ1v) is 6.75. The molecule has 0 bridgehead atoms. The summed E-state index contributed by atoms with van der Waals surface area (Å²) in [7, 11) is 1.62. The maximum absolute atomic E-state index is 11.8. The lowest BCUT2D eigenvalue weighted by Crippen LogP contribution is -2.25. The van der Waals surface area contributed by atoms with E-state index in [2.05, 4.69) is 5.32 Å². The van der Waals surface area contributed by atoms with Crippen molar-refractivity contribution >= 4 is 11.9 Å². The van der Waals surface area contributed by atoms with Gasteiger partial charge in [-0.05, 0) is 30.5 Å². The van der Waals surface area contributed by atoms with Crippen molar-refractivity contribution in [2.24, 2.45) is 0 Å². The van der Waals surface area contributed by atoms with Crippen LogP contribution in [-0.2, 0) is 6.42 Å². The average Bonchev–Trinajstić information content (AvgIpc) is 2.99. The third-order valence-electron chi connectivity index (χ3n) is 3.24. The second-order valence-corrected chi connectivity index (χ2v) is 4.81. The molecule has 0 aliphatic heterocycles. The molecule has 0 saturated heterocycles. The lowest BCUT2D eigenvalue weighted by atomic mass is 10.1. The Morgan fingerprint density at radius 3 is 2.73 bits per heavy atom. The standard InChI is InChI=1S/C16H17NO5/c1-10-3-4-11(7-13(10)21-2)5-6-17-15(18)14-8-12(9-22-14)16(19)20/h3-4,7-9H,5-6H2,1-2H3,(H,17,18)(H,19,20). The predicted molar refractivity (Wildman–Crippen MR) is 79.4 cm³/mol. The molecule has 0 fully saturated rings. The van der Waals surface area contributed by atoms with Crippen molar-refractivity contribution in [3.63, 3.8) is 0 Å². The van der Waals surface area contributed by atoms with Gasteiger partial charge in [0.05, 0.1) is 12.7 Å². The first-order valence-electron chi connectivity index (χ1n) is 6.75. The normalized spacial score (nSPS) is 10.3. The lowest BCUT2D eigenvalue weighted by molar-refractivity contribution is 0.0696. The van der Waals surface area contributed by atoms with Gasteiger partial charge < -0.3 is 19.6 Å². The van der Waals surface area contributed by atoms with Gasteiger partial charge in [0, 0.05) is 12.6 Å². The van der Waals surface area contributed by atoms with Crippen LogP contribution in [0.2, 0.25) is 0 Å². The minimum atomic E-state index is -1.13. The van der Waals surface area contributed by atoms with Crippen molar-refractivity contribution in [1.29, 1.82) is 0 Å². The molecule has 0 aliphatic carbocycles. The monoisotopic (exact) mass is 303 g/mol. The fourth-order valence-electron chi connectivity index (χ4n) is 1.99. The Hall–Kier alpha value is -2.76. The van der Waals surface area contributed by atoms with E-state index < -0.39 is 11.9 Å². The van der Waals surface area contributed by atoms with Gasteiger partial charge >= 0.3 is 5.97 Å². The van der Waals surface area contributed by atoms with Crippen LogP contribution in [0.5, 0.6) is 5.75 Å². The SMILES string of the molecule is COc1cc(CCNC(=O)c2cc(C(=O)O)co2)ccc1C. The molecular formula is C16H17NO5.